The van der Waals surface area contributed by atoms with Gasteiger partial charge in [-0.3, -0.25) is 4.57 Å². The summed E-state index contributed by atoms with van der Waals surface area (Å²) in [6.07, 6.45) is 8.88. The van der Waals surface area contributed by atoms with Gasteiger partial charge in [-0.2, -0.15) is 0 Å². The molecule has 0 aliphatic rings. The van der Waals surface area contributed by atoms with E-state index in [0.717, 1.165) is 61.2 Å². The van der Waals surface area contributed by atoms with Crippen LogP contribution in [0.5, 0.6) is 23.0 Å². The van der Waals surface area contributed by atoms with E-state index in [0.29, 0.717) is 72.0 Å². The first-order valence-electron chi connectivity index (χ1n) is 18.9. The molecule has 15 heteroatoms. The lowest BCUT2D eigenvalue weighted by molar-refractivity contribution is 0.0717. The zero-order valence-corrected chi connectivity index (χ0v) is 40.3. The number of carbonyl (C=O) groups excluding carboxylic acids is 2. The van der Waals surface area contributed by atoms with Crippen LogP contribution in [0.15, 0.2) is 74.2 Å². The summed E-state index contributed by atoms with van der Waals surface area (Å²) in [4.78, 5) is 26.2. The third-order valence-electron chi connectivity index (χ3n) is 9.12. The molecule has 6 atom stereocenters. The molecule has 0 aromatic heterocycles. The van der Waals surface area contributed by atoms with E-state index in [4.69, 9.17) is 28.4 Å². The highest BCUT2D eigenvalue weighted by atomic mass is 33.0. The average Bonchev–Trinajstić information content (AvgIpc) is 3.19. The lowest BCUT2D eigenvalue weighted by atomic mass is 10.0. The zero-order chi connectivity index (χ0) is 42.3. The van der Waals surface area contributed by atoms with Gasteiger partial charge in [-0.25, -0.2) is 9.59 Å². The van der Waals surface area contributed by atoms with E-state index in [1.165, 1.54) is 12.5 Å². The van der Waals surface area contributed by atoms with Gasteiger partial charge in [0.2, 0.25) is 0 Å². The predicted octanol–water partition coefficient (Wildman–Crippen LogP) is 13.5. The highest BCUT2D eigenvalue weighted by Crippen LogP contribution is 2.88. The normalized spacial score (nSPS) is 12.4. The number of hydrogen-bond acceptors (Lipinski definition) is 9. The number of esters is 2. The SMILES string of the molecule is C=COCCCC(C)CCOc1ccc(C(=O)Oc2ccc(OC(=O)c3ccc(OCCC(C)CCCOC=C)c(C)c3)c(C)c2C)cc1C.O=PP(P)P(P)P. The standard InChI is InChI=1S/C42H54O8.H6OP6/c1-9-45-23-11-13-29(3)21-25-47-37-17-15-35(27-31(37)5)41(43)49-39-19-20-40(34(8)33(39)7)50-42(44)36-16-18-38(32(6)28-36)48-26-22-30(4)14-12-24-46-10-2;1-5-7(4)6(2)3/h9-10,15-20,27-30H,1-2,11-14,21-26H2,3-8H3;2-4H2. The topological polar surface area (TPSA) is 107 Å². The fourth-order valence-corrected chi connectivity index (χ4v) is 8.83. The number of hydrogen-bond donors (Lipinski definition) is 0. The van der Waals surface area contributed by atoms with Gasteiger partial charge in [0.1, 0.15) is 23.0 Å². The van der Waals surface area contributed by atoms with E-state index in [9.17, 15) is 14.2 Å². The molecule has 3 aromatic carbocycles. The van der Waals surface area contributed by atoms with Gasteiger partial charge < -0.3 is 28.4 Å². The molecule has 0 fully saturated rings. The Morgan fingerprint density at radius 1 is 0.649 bits per heavy atom. The van der Waals surface area contributed by atoms with Crippen LogP contribution in [0.4, 0.5) is 0 Å². The van der Waals surface area contributed by atoms with E-state index in [1.54, 1.807) is 48.5 Å². The molecule has 0 heterocycles. The van der Waals surface area contributed by atoms with Crippen LogP contribution in [0.2, 0.25) is 0 Å². The van der Waals surface area contributed by atoms with Crippen molar-refractivity contribution in [3.63, 3.8) is 0 Å². The summed E-state index contributed by atoms with van der Waals surface area (Å²) < 4.78 is 43.9. The number of ether oxygens (including phenoxy) is 6. The van der Waals surface area contributed by atoms with Crippen LogP contribution in [-0.2, 0) is 14.0 Å². The minimum absolute atomic E-state index is 0.126. The third-order valence-corrected chi connectivity index (χ3v) is 30.2. The van der Waals surface area contributed by atoms with Gasteiger partial charge in [0.25, 0.3) is 0 Å². The fraction of sp³-hybridized carbons (Fsp3) is 0.429. The molecule has 9 nitrogen and oxygen atoms in total. The van der Waals surface area contributed by atoms with E-state index in [2.05, 4.69) is 53.8 Å². The van der Waals surface area contributed by atoms with Crippen molar-refractivity contribution in [1.29, 1.82) is 0 Å². The Hall–Kier alpha value is -2.47. The minimum Gasteiger partial charge on any atom is -0.502 e. The summed E-state index contributed by atoms with van der Waals surface area (Å²) in [6, 6.07) is 13.9. The highest BCUT2D eigenvalue weighted by molar-refractivity contribution is 8.93. The van der Waals surface area contributed by atoms with Gasteiger partial charge in [-0.15, -0.1) is 17.9 Å². The van der Waals surface area contributed by atoms with Gasteiger partial charge >= 0.3 is 11.9 Å². The summed E-state index contributed by atoms with van der Waals surface area (Å²) in [5, 5.41) is 0. The first-order valence-corrected chi connectivity index (χ1v) is 28.6. The van der Waals surface area contributed by atoms with Gasteiger partial charge in [-0.1, -0.05) is 35.9 Å². The van der Waals surface area contributed by atoms with Gasteiger partial charge in [0, 0.05) is 6.99 Å². The number of benzene rings is 3. The third kappa shape index (κ3) is 19.0. The van der Waals surface area contributed by atoms with Crippen LogP contribution in [0.1, 0.15) is 95.3 Å². The van der Waals surface area contributed by atoms with Crippen molar-refractivity contribution in [3.05, 3.63) is 108 Å². The molecule has 6 unspecified atom stereocenters. The largest absolute Gasteiger partial charge is 0.502 e. The smallest absolute Gasteiger partial charge is 0.343 e. The Balaban J connectivity index is 0.00000146. The van der Waals surface area contributed by atoms with Crippen molar-refractivity contribution in [2.24, 2.45) is 11.8 Å². The summed E-state index contributed by atoms with van der Waals surface area (Å²) in [7, 11) is 8.16. The molecule has 3 aromatic rings. The van der Waals surface area contributed by atoms with Crippen LogP contribution in [0.25, 0.3) is 0 Å². The summed E-state index contributed by atoms with van der Waals surface area (Å²) in [5.41, 5.74) is 3.95. The molecule has 0 amide bonds. The molecule has 57 heavy (non-hydrogen) atoms. The summed E-state index contributed by atoms with van der Waals surface area (Å²) in [6.45, 7) is 21.1. The second-order valence-electron chi connectivity index (χ2n) is 13.7. The molecule has 0 saturated heterocycles. The van der Waals surface area contributed by atoms with Crippen molar-refractivity contribution in [3.8, 4) is 23.0 Å². The molecule has 0 saturated carbocycles. The van der Waals surface area contributed by atoms with Crippen LogP contribution in [-0.4, -0.2) is 38.4 Å². The number of carbonyl (C=O) groups is 2. The Morgan fingerprint density at radius 2 is 1.04 bits per heavy atom. The number of rotatable bonds is 24. The van der Waals surface area contributed by atoms with Gasteiger partial charge in [0.05, 0.1) is 50.1 Å². The second-order valence-corrected chi connectivity index (χ2v) is 32.5. The molecule has 0 aliphatic heterocycles. The lowest BCUT2D eigenvalue weighted by Gasteiger charge is -2.16. The summed E-state index contributed by atoms with van der Waals surface area (Å²) >= 11 is 0. The van der Waals surface area contributed by atoms with E-state index in [-0.39, 0.29) is 22.1 Å². The van der Waals surface area contributed by atoms with Crippen LogP contribution in [0.3, 0.4) is 0 Å². The lowest BCUT2D eigenvalue weighted by Crippen LogP contribution is -2.12. The molecule has 0 N–H and O–H groups in total. The summed E-state index contributed by atoms with van der Waals surface area (Å²) in [5.74, 6) is 2.35. The Bertz CT molecular complexity index is 1640. The van der Waals surface area contributed by atoms with E-state index in [1.807, 2.05) is 27.7 Å². The number of aryl methyl sites for hydroxylation is 2. The molecule has 312 valence electrons. The van der Waals surface area contributed by atoms with Crippen molar-refractivity contribution in [2.45, 2.75) is 80.1 Å². The van der Waals surface area contributed by atoms with E-state index >= 15 is 0 Å². The van der Waals surface area contributed by atoms with Gasteiger partial charge in [0.15, 0.2) is 8.15 Å². The molecular formula is C42H60O9P6. The highest BCUT2D eigenvalue weighted by Gasteiger charge is 2.18. The fourth-order valence-electron chi connectivity index (χ4n) is 5.45. The van der Waals surface area contributed by atoms with Crippen LogP contribution < -0.4 is 18.9 Å². The van der Waals surface area contributed by atoms with Crippen LogP contribution >= 0.6 is 48.9 Å². The van der Waals surface area contributed by atoms with Crippen LogP contribution in [0, 0.1) is 39.5 Å². The first-order chi connectivity index (χ1) is 27.2. The van der Waals surface area contributed by atoms with Crippen molar-refractivity contribution in [2.75, 3.05) is 26.4 Å². The molecule has 0 aliphatic carbocycles. The molecule has 0 radical (unpaired) electrons. The zero-order valence-electron chi connectivity index (χ0n) is 34.2. The van der Waals surface area contributed by atoms with Crippen molar-refractivity contribution >= 4 is 60.8 Å². The van der Waals surface area contributed by atoms with E-state index < -0.39 is 11.9 Å². The van der Waals surface area contributed by atoms with Crippen molar-refractivity contribution < 1.29 is 42.6 Å². The maximum atomic E-state index is 13.1. The average molecular weight is 895 g/mol. The maximum absolute atomic E-state index is 13.1. The molecule has 0 spiro atoms. The first kappa shape index (κ1) is 50.7. The Morgan fingerprint density at radius 3 is 1.35 bits per heavy atom. The second kappa shape index (κ2) is 28.1. The Labute approximate surface area is 351 Å². The minimum atomic E-state index is -0.479. The quantitative estimate of drug-likeness (QED) is 0.0286. The van der Waals surface area contributed by atoms with Gasteiger partial charge in [-0.05, 0) is 156 Å². The maximum Gasteiger partial charge on any atom is 0.343 e. The monoisotopic (exact) mass is 894 g/mol. The molecule has 0 bridgehead atoms. The molecule has 3 rings (SSSR count). The predicted molar refractivity (Wildman–Crippen MR) is 248 cm³/mol. The molecular weight excluding hydrogens is 834 g/mol. The van der Waals surface area contributed by atoms with Crippen molar-refractivity contribution in [1.82, 2.24) is 0 Å². The Kier molecular flexibility index (Phi) is 25.0.